The predicted molar refractivity (Wildman–Crippen MR) is 81.5 cm³/mol. The average molecular weight is 347 g/mol. The highest BCUT2D eigenvalue weighted by atomic mass is 19.4. The van der Waals surface area contributed by atoms with Crippen LogP contribution in [-0.2, 0) is 17.5 Å². The van der Waals surface area contributed by atoms with Gasteiger partial charge in [-0.1, -0.05) is 13.0 Å². The Kier molecular flexibility index (Phi) is 5.49. The summed E-state index contributed by atoms with van der Waals surface area (Å²) in [5.41, 5.74) is 4.44. The van der Waals surface area contributed by atoms with Crippen LogP contribution in [0.1, 0.15) is 24.5 Å². The molecule has 24 heavy (non-hydrogen) atoms. The molecule has 0 aromatic heterocycles. The van der Waals surface area contributed by atoms with Crippen LogP contribution < -0.4 is 11.1 Å². The van der Waals surface area contributed by atoms with E-state index in [9.17, 15) is 22.4 Å². The van der Waals surface area contributed by atoms with Gasteiger partial charge in [0.25, 0.3) is 0 Å². The van der Waals surface area contributed by atoms with E-state index in [4.69, 9.17) is 5.73 Å². The number of nitrogens with one attached hydrogen (secondary N) is 1. The topological polar surface area (TPSA) is 58.4 Å². The summed E-state index contributed by atoms with van der Waals surface area (Å²) in [5, 5.41) is 2.47. The van der Waals surface area contributed by atoms with Crippen LogP contribution in [0.4, 0.5) is 17.6 Å². The molecular formula is C16H21F4N3O. The summed E-state index contributed by atoms with van der Waals surface area (Å²) in [6, 6.07) is 2.43. The van der Waals surface area contributed by atoms with E-state index < -0.39 is 17.6 Å². The molecule has 1 aromatic carbocycles. The summed E-state index contributed by atoms with van der Waals surface area (Å²) in [7, 11) is 0. The molecule has 1 aliphatic heterocycles. The van der Waals surface area contributed by atoms with E-state index in [1.54, 1.807) is 0 Å². The molecule has 8 heteroatoms. The van der Waals surface area contributed by atoms with E-state index in [1.807, 2.05) is 11.8 Å². The normalized spacial score (nSPS) is 21.9. The number of alkyl halides is 3. The zero-order chi connectivity index (χ0) is 18.0. The quantitative estimate of drug-likeness (QED) is 0.803. The zero-order valence-corrected chi connectivity index (χ0v) is 13.4. The number of rotatable bonds is 5. The van der Waals surface area contributed by atoms with E-state index in [0.29, 0.717) is 19.2 Å². The van der Waals surface area contributed by atoms with Crippen LogP contribution in [0.3, 0.4) is 0 Å². The maximum Gasteiger partial charge on any atom is 0.416 e. The Morgan fingerprint density at radius 2 is 2.12 bits per heavy atom. The lowest BCUT2D eigenvalue weighted by Gasteiger charge is -2.22. The van der Waals surface area contributed by atoms with Crippen molar-refractivity contribution in [3.05, 3.63) is 35.1 Å². The number of hydrogen-bond donors (Lipinski definition) is 2. The lowest BCUT2D eigenvalue weighted by atomic mass is 9.90. The van der Waals surface area contributed by atoms with Crippen molar-refractivity contribution < 1.29 is 22.4 Å². The van der Waals surface area contributed by atoms with Gasteiger partial charge in [0.05, 0.1) is 12.1 Å². The molecule has 4 nitrogen and oxygen atoms in total. The maximum absolute atomic E-state index is 13.0. The number of carbonyl (C=O) groups is 1. The number of likely N-dealkylation sites (tertiary alicyclic amines) is 1. The van der Waals surface area contributed by atoms with Gasteiger partial charge < -0.3 is 11.1 Å². The Morgan fingerprint density at radius 3 is 2.71 bits per heavy atom. The van der Waals surface area contributed by atoms with Crippen LogP contribution >= 0.6 is 0 Å². The fraction of sp³-hybridized carbons (Fsp3) is 0.562. The molecule has 2 rings (SSSR count). The van der Waals surface area contributed by atoms with E-state index >= 15 is 0 Å². The second kappa shape index (κ2) is 7.06. The van der Waals surface area contributed by atoms with Crippen molar-refractivity contribution in [3.8, 4) is 0 Å². The van der Waals surface area contributed by atoms with Crippen molar-refractivity contribution in [1.29, 1.82) is 0 Å². The van der Waals surface area contributed by atoms with Crippen LogP contribution in [0.5, 0.6) is 0 Å². The fourth-order valence-electron chi connectivity index (χ4n) is 2.85. The molecule has 1 saturated heterocycles. The van der Waals surface area contributed by atoms with Crippen LogP contribution in [0.15, 0.2) is 18.2 Å². The first-order valence-electron chi connectivity index (χ1n) is 7.68. The van der Waals surface area contributed by atoms with E-state index in [2.05, 4.69) is 5.32 Å². The van der Waals surface area contributed by atoms with Gasteiger partial charge in [0.15, 0.2) is 0 Å². The lowest BCUT2D eigenvalue weighted by molar-refractivity contribution is -0.138. The second-order valence-electron chi connectivity index (χ2n) is 6.55. The third-order valence-electron chi connectivity index (χ3n) is 4.35. The number of halogens is 4. The smallest absolute Gasteiger partial charge is 0.351 e. The highest BCUT2D eigenvalue weighted by Gasteiger charge is 2.34. The maximum atomic E-state index is 13.0. The van der Waals surface area contributed by atoms with Crippen molar-refractivity contribution >= 4 is 5.91 Å². The number of amides is 1. The van der Waals surface area contributed by atoms with Crippen LogP contribution in [0, 0.1) is 11.2 Å². The molecule has 1 unspecified atom stereocenters. The summed E-state index contributed by atoms with van der Waals surface area (Å²) < 4.78 is 51.8. The summed E-state index contributed by atoms with van der Waals surface area (Å²) >= 11 is 0. The number of carbonyl (C=O) groups excluding carboxylic acids is 1. The first-order valence-corrected chi connectivity index (χ1v) is 7.68. The highest BCUT2D eigenvalue weighted by Crippen LogP contribution is 2.32. The minimum Gasteiger partial charge on any atom is -0.351 e. The van der Waals surface area contributed by atoms with Crippen LogP contribution in [0.2, 0.25) is 0 Å². The van der Waals surface area contributed by atoms with Crippen molar-refractivity contribution in [1.82, 2.24) is 10.2 Å². The first kappa shape index (κ1) is 18.7. The molecule has 0 aliphatic carbocycles. The molecule has 1 heterocycles. The Morgan fingerprint density at radius 1 is 1.42 bits per heavy atom. The second-order valence-corrected chi connectivity index (χ2v) is 6.55. The Hall–Kier alpha value is -1.67. The minimum absolute atomic E-state index is 0.0271. The van der Waals surface area contributed by atoms with Crippen molar-refractivity contribution in [2.75, 3.05) is 26.2 Å². The number of hydrogen-bond acceptors (Lipinski definition) is 3. The highest BCUT2D eigenvalue weighted by molar-refractivity contribution is 5.78. The van der Waals surface area contributed by atoms with Gasteiger partial charge in [-0.05, 0) is 42.6 Å². The number of nitrogens with two attached hydrogens (primary N) is 1. The molecule has 0 spiro atoms. The minimum atomic E-state index is -4.67. The molecule has 1 atom stereocenters. The molecule has 1 aromatic rings. The molecule has 1 fully saturated rings. The SMILES string of the molecule is CC1(CN)CCN(CC(=O)NCc2ccc(F)cc2C(F)(F)F)C1. The molecule has 1 aliphatic rings. The lowest BCUT2D eigenvalue weighted by Crippen LogP contribution is -2.38. The Labute approximate surface area is 138 Å². The van der Waals surface area contributed by atoms with E-state index in [-0.39, 0.29) is 30.0 Å². The van der Waals surface area contributed by atoms with Crippen molar-refractivity contribution in [3.63, 3.8) is 0 Å². The van der Waals surface area contributed by atoms with Gasteiger partial charge in [-0.2, -0.15) is 13.2 Å². The Bertz CT molecular complexity index is 605. The molecule has 1 amide bonds. The van der Waals surface area contributed by atoms with E-state index in [0.717, 1.165) is 25.1 Å². The fourth-order valence-corrected chi connectivity index (χ4v) is 2.85. The summed E-state index contributed by atoms with van der Waals surface area (Å²) in [6.07, 6.45) is -3.78. The van der Waals surface area contributed by atoms with Gasteiger partial charge in [0.1, 0.15) is 5.82 Å². The first-order chi connectivity index (χ1) is 11.1. The molecule has 3 N–H and O–H groups in total. The summed E-state index contributed by atoms with van der Waals surface area (Å²) in [4.78, 5) is 13.9. The van der Waals surface area contributed by atoms with Gasteiger partial charge in [0, 0.05) is 13.1 Å². The van der Waals surface area contributed by atoms with Gasteiger partial charge in [-0.15, -0.1) is 0 Å². The zero-order valence-electron chi connectivity index (χ0n) is 13.4. The van der Waals surface area contributed by atoms with Gasteiger partial charge in [-0.25, -0.2) is 4.39 Å². The van der Waals surface area contributed by atoms with Crippen LogP contribution in [0.25, 0.3) is 0 Å². The third-order valence-corrected chi connectivity index (χ3v) is 4.35. The van der Waals surface area contributed by atoms with Crippen molar-refractivity contribution in [2.24, 2.45) is 11.1 Å². The number of nitrogens with zero attached hydrogens (tertiary/aromatic N) is 1. The molecule has 0 saturated carbocycles. The molecule has 0 bridgehead atoms. The molecule has 0 radical (unpaired) electrons. The van der Waals surface area contributed by atoms with Crippen molar-refractivity contribution in [2.45, 2.75) is 26.1 Å². The monoisotopic (exact) mass is 347 g/mol. The third kappa shape index (κ3) is 4.67. The van der Waals surface area contributed by atoms with Gasteiger partial charge in [0.2, 0.25) is 5.91 Å². The molecular weight excluding hydrogens is 326 g/mol. The standard InChI is InChI=1S/C16H21F4N3O/c1-15(9-21)4-5-23(10-15)8-14(24)22-7-11-2-3-12(17)6-13(11)16(18,19)20/h2-3,6H,4-5,7-10,21H2,1H3,(H,22,24). The largest absolute Gasteiger partial charge is 0.416 e. The average Bonchev–Trinajstić information content (AvgIpc) is 2.87. The number of benzene rings is 1. The summed E-state index contributed by atoms with van der Waals surface area (Å²) in [6.45, 7) is 3.79. The van der Waals surface area contributed by atoms with Gasteiger partial charge >= 0.3 is 6.18 Å². The van der Waals surface area contributed by atoms with Crippen LogP contribution in [-0.4, -0.2) is 37.0 Å². The predicted octanol–water partition coefficient (Wildman–Crippen LogP) is 2.13. The summed E-state index contributed by atoms with van der Waals surface area (Å²) in [5.74, 6) is -1.33. The van der Waals surface area contributed by atoms with E-state index in [1.165, 1.54) is 0 Å². The van der Waals surface area contributed by atoms with Gasteiger partial charge in [-0.3, -0.25) is 9.69 Å². The molecule has 134 valence electrons. The Balaban J connectivity index is 1.93.